The molecule has 2 nitrogen and oxygen atoms in total. The van der Waals surface area contributed by atoms with Gasteiger partial charge in [0.2, 0.25) is 0 Å². The van der Waals surface area contributed by atoms with Gasteiger partial charge in [0.25, 0.3) is 0 Å². The number of alkyl halides is 3. The first-order valence-corrected chi connectivity index (χ1v) is 6.22. The number of hydrogen-bond donors (Lipinski definition) is 0. The summed E-state index contributed by atoms with van der Waals surface area (Å²) in [4.78, 5) is 0. The van der Waals surface area contributed by atoms with E-state index in [0.717, 1.165) is 6.07 Å². The standard InChI is InChI=1S/C12H9BrF4N2/c1-2-19-6-9(11(18-19)12(15,16)17)8-5-7(14)3-4-10(8)13/h3-6H,2H2,1H3. The van der Waals surface area contributed by atoms with Crippen LogP contribution in [0.4, 0.5) is 17.6 Å². The lowest BCUT2D eigenvalue weighted by molar-refractivity contribution is -0.141. The van der Waals surface area contributed by atoms with E-state index in [0.29, 0.717) is 11.0 Å². The number of rotatable bonds is 2. The van der Waals surface area contributed by atoms with Gasteiger partial charge in [-0.25, -0.2) is 4.39 Å². The van der Waals surface area contributed by atoms with Crippen LogP contribution in [0.25, 0.3) is 11.1 Å². The number of aryl methyl sites for hydroxylation is 1. The zero-order valence-electron chi connectivity index (χ0n) is 9.80. The molecule has 0 amide bonds. The zero-order valence-corrected chi connectivity index (χ0v) is 11.4. The van der Waals surface area contributed by atoms with Gasteiger partial charge in [0, 0.05) is 28.3 Å². The monoisotopic (exact) mass is 336 g/mol. The Morgan fingerprint density at radius 3 is 2.53 bits per heavy atom. The highest BCUT2D eigenvalue weighted by molar-refractivity contribution is 9.10. The lowest BCUT2D eigenvalue weighted by Gasteiger charge is -2.07. The molecule has 0 bridgehead atoms. The van der Waals surface area contributed by atoms with Crippen molar-refractivity contribution in [3.63, 3.8) is 0 Å². The Hall–Kier alpha value is -1.37. The maximum atomic E-state index is 13.2. The second-order valence-electron chi connectivity index (χ2n) is 3.87. The molecule has 0 saturated carbocycles. The minimum Gasteiger partial charge on any atom is -0.272 e. The molecule has 2 aromatic rings. The predicted molar refractivity (Wildman–Crippen MR) is 66.0 cm³/mol. The molecule has 2 rings (SSSR count). The lowest BCUT2D eigenvalue weighted by atomic mass is 10.1. The maximum absolute atomic E-state index is 13.2. The summed E-state index contributed by atoms with van der Waals surface area (Å²) in [5.41, 5.74) is -1.02. The number of hydrogen-bond acceptors (Lipinski definition) is 1. The predicted octanol–water partition coefficient (Wildman–Crippen LogP) is 4.49. The first-order valence-electron chi connectivity index (χ1n) is 5.43. The smallest absolute Gasteiger partial charge is 0.272 e. The van der Waals surface area contributed by atoms with Gasteiger partial charge in [0.05, 0.1) is 0 Å². The van der Waals surface area contributed by atoms with Crippen molar-refractivity contribution in [3.8, 4) is 11.1 Å². The summed E-state index contributed by atoms with van der Waals surface area (Å²) >= 11 is 3.13. The van der Waals surface area contributed by atoms with Crippen molar-refractivity contribution in [1.29, 1.82) is 0 Å². The Morgan fingerprint density at radius 1 is 1.26 bits per heavy atom. The molecule has 0 spiro atoms. The van der Waals surface area contributed by atoms with Gasteiger partial charge in [-0.3, -0.25) is 4.68 Å². The average Bonchev–Trinajstić information content (AvgIpc) is 2.76. The SMILES string of the molecule is CCn1cc(-c2cc(F)ccc2Br)c(C(F)(F)F)n1. The van der Waals surface area contributed by atoms with E-state index in [2.05, 4.69) is 21.0 Å². The van der Waals surface area contributed by atoms with Crippen LogP contribution in [0, 0.1) is 5.82 Å². The minimum absolute atomic E-state index is 0.132. The van der Waals surface area contributed by atoms with Gasteiger partial charge in [0.15, 0.2) is 5.69 Å². The normalized spacial score (nSPS) is 11.9. The summed E-state index contributed by atoms with van der Waals surface area (Å²) in [6.07, 6.45) is -3.32. The van der Waals surface area contributed by atoms with Gasteiger partial charge >= 0.3 is 6.18 Å². The van der Waals surface area contributed by atoms with Crippen LogP contribution in [0.5, 0.6) is 0 Å². The van der Waals surface area contributed by atoms with Crippen molar-refractivity contribution in [1.82, 2.24) is 9.78 Å². The third-order valence-corrected chi connectivity index (χ3v) is 3.26. The molecule has 0 atom stereocenters. The molecule has 1 aromatic carbocycles. The van der Waals surface area contributed by atoms with Crippen molar-refractivity contribution in [2.24, 2.45) is 0 Å². The second kappa shape index (κ2) is 4.96. The van der Waals surface area contributed by atoms with Crippen LogP contribution in [0.2, 0.25) is 0 Å². The number of nitrogens with zero attached hydrogens (tertiary/aromatic N) is 2. The van der Waals surface area contributed by atoms with Crippen LogP contribution in [0.1, 0.15) is 12.6 Å². The van der Waals surface area contributed by atoms with Crippen molar-refractivity contribution in [2.45, 2.75) is 19.6 Å². The molecule has 0 unspecified atom stereocenters. The van der Waals surface area contributed by atoms with Gasteiger partial charge in [-0.2, -0.15) is 18.3 Å². The fourth-order valence-electron chi connectivity index (χ4n) is 1.69. The Bertz CT molecular complexity index is 604. The van der Waals surface area contributed by atoms with Crippen LogP contribution >= 0.6 is 15.9 Å². The molecular weight excluding hydrogens is 328 g/mol. The summed E-state index contributed by atoms with van der Waals surface area (Å²) in [5, 5.41) is 3.50. The van der Waals surface area contributed by atoms with E-state index in [4.69, 9.17) is 0 Å². The fourth-order valence-corrected chi connectivity index (χ4v) is 2.15. The van der Waals surface area contributed by atoms with Crippen molar-refractivity contribution in [2.75, 3.05) is 0 Å². The van der Waals surface area contributed by atoms with E-state index in [1.165, 1.54) is 23.0 Å². The van der Waals surface area contributed by atoms with Crippen molar-refractivity contribution in [3.05, 3.63) is 40.4 Å². The van der Waals surface area contributed by atoms with E-state index >= 15 is 0 Å². The largest absolute Gasteiger partial charge is 0.435 e. The van der Waals surface area contributed by atoms with Crippen LogP contribution < -0.4 is 0 Å². The van der Waals surface area contributed by atoms with Crippen LogP contribution in [-0.2, 0) is 12.7 Å². The molecule has 0 aliphatic carbocycles. The molecule has 0 aliphatic heterocycles. The highest BCUT2D eigenvalue weighted by atomic mass is 79.9. The number of halogens is 5. The third-order valence-electron chi connectivity index (χ3n) is 2.57. The van der Waals surface area contributed by atoms with E-state index in [1.807, 2.05) is 0 Å². The first-order chi connectivity index (χ1) is 8.82. The number of benzene rings is 1. The highest BCUT2D eigenvalue weighted by Crippen LogP contribution is 2.38. The van der Waals surface area contributed by atoms with E-state index in [-0.39, 0.29) is 11.1 Å². The minimum atomic E-state index is -4.58. The molecule has 0 radical (unpaired) electrons. The molecule has 0 N–H and O–H groups in total. The van der Waals surface area contributed by atoms with Gasteiger partial charge in [-0.05, 0) is 25.1 Å². The molecule has 1 aromatic heterocycles. The van der Waals surface area contributed by atoms with Crippen LogP contribution in [0.15, 0.2) is 28.9 Å². The summed E-state index contributed by atoms with van der Waals surface area (Å²) in [5.74, 6) is -0.601. The summed E-state index contributed by atoms with van der Waals surface area (Å²) in [7, 11) is 0. The first kappa shape index (κ1) is 14.0. The molecule has 102 valence electrons. The van der Waals surface area contributed by atoms with E-state index < -0.39 is 17.7 Å². The molecule has 0 fully saturated rings. The van der Waals surface area contributed by atoms with Crippen molar-refractivity contribution >= 4 is 15.9 Å². The fraction of sp³-hybridized carbons (Fsp3) is 0.250. The molecule has 7 heteroatoms. The topological polar surface area (TPSA) is 17.8 Å². The Kier molecular flexibility index (Phi) is 3.66. The van der Waals surface area contributed by atoms with Gasteiger partial charge in [-0.15, -0.1) is 0 Å². The Balaban J connectivity index is 2.67. The van der Waals surface area contributed by atoms with Gasteiger partial charge in [0.1, 0.15) is 5.82 Å². The molecule has 1 heterocycles. The average molecular weight is 337 g/mol. The maximum Gasteiger partial charge on any atom is 0.435 e. The highest BCUT2D eigenvalue weighted by Gasteiger charge is 2.37. The summed E-state index contributed by atoms with van der Waals surface area (Å²) < 4.78 is 53.6. The van der Waals surface area contributed by atoms with Crippen LogP contribution in [0.3, 0.4) is 0 Å². The van der Waals surface area contributed by atoms with Crippen molar-refractivity contribution < 1.29 is 17.6 Å². The Morgan fingerprint density at radius 2 is 1.95 bits per heavy atom. The Labute approximate surface area is 115 Å². The molecule has 0 saturated heterocycles. The quantitative estimate of drug-likeness (QED) is 0.739. The zero-order chi connectivity index (χ0) is 14.2. The van der Waals surface area contributed by atoms with Crippen LogP contribution in [-0.4, -0.2) is 9.78 Å². The van der Waals surface area contributed by atoms with Gasteiger partial charge < -0.3 is 0 Å². The number of aromatic nitrogens is 2. The molecule has 0 aliphatic rings. The van der Waals surface area contributed by atoms with E-state index in [1.54, 1.807) is 6.92 Å². The van der Waals surface area contributed by atoms with E-state index in [9.17, 15) is 17.6 Å². The summed E-state index contributed by atoms with van der Waals surface area (Å²) in [6, 6.07) is 3.59. The lowest BCUT2D eigenvalue weighted by Crippen LogP contribution is -2.08. The third kappa shape index (κ3) is 2.80. The summed E-state index contributed by atoms with van der Waals surface area (Å²) in [6.45, 7) is 1.98. The molecule has 19 heavy (non-hydrogen) atoms. The molecular formula is C12H9BrF4N2. The second-order valence-corrected chi connectivity index (χ2v) is 4.72. The van der Waals surface area contributed by atoms with Gasteiger partial charge in [-0.1, -0.05) is 15.9 Å².